The first-order valence-corrected chi connectivity index (χ1v) is 9.53. The molecule has 4 aromatic rings. The first-order valence-electron chi connectivity index (χ1n) is 6.96. The molecule has 114 valence electrons. The zero-order valence-electron chi connectivity index (χ0n) is 12.2. The summed E-state index contributed by atoms with van der Waals surface area (Å²) in [6.45, 7) is 2.00. The fourth-order valence-electron chi connectivity index (χ4n) is 2.17. The van der Waals surface area contributed by atoms with Gasteiger partial charge in [-0.05, 0) is 42.3 Å². The van der Waals surface area contributed by atoms with Crippen LogP contribution in [0.1, 0.15) is 5.69 Å². The summed E-state index contributed by atoms with van der Waals surface area (Å²) in [5.41, 5.74) is 2.08. The number of aryl methyl sites for hydroxylation is 1. The lowest BCUT2D eigenvalue weighted by atomic mass is 10.3. The summed E-state index contributed by atoms with van der Waals surface area (Å²) in [4.78, 5) is 5.62. The van der Waals surface area contributed by atoms with Gasteiger partial charge in [0.25, 0.3) is 0 Å². The van der Waals surface area contributed by atoms with Gasteiger partial charge in [-0.25, -0.2) is 4.98 Å². The second-order valence-electron chi connectivity index (χ2n) is 4.81. The Morgan fingerprint density at radius 2 is 1.87 bits per heavy atom. The molecule has 0 spiro atoms. The average molecular weight is 357 g/mol. The lowest BCUT2D eigenvalue weighted by molar-refractivity contribution is 0.885. The van der Waals surface area contributed by atoms with E-state index in [9.17, 15) is 0 Å². The Bertz CT molecular complexity index is 910. The van der Waals surface area contributed by atoms with Gasteiger partial charge in [-0.2, -0.15) is 0 Å². The highest BCUT2D eigenvalue weighted by molar-refractivity contribution is 8.00. The minimum Gasteiger partial charge on any atom is -0.269 e. The van der Waals surface area contributed by atoms with Crippen molar-refractivity contribution in [1.82, 2.24) is 19.7 Å². The molecule has 4 nitrogen and oxygen atoms in total. The zero-order valence-corrected chi connectivity index (χ0v) is 14.7. The van der Waals surface area contributed by atoms with Crippen molar-refractivity contribution in [3.05, 3.63) is 58.9 Å². The number of thiazole rings is 1. The largest absolute Gasteiger partial charge is 0.269 e. The van der Waals surface area contributed by atoms with Crippen LogP contribution in [0.2, 0.25) is 0 Å². The lowest BCUT2D eigenvalue weighted by Gasteiger charge is -2.08. The number of aromatic nitrogens is 4. The molecule has 0 fully saturated rings. The Labute approximate surface area is 145 Å². The van der Waals surface area contributed by atoms with Crippen molar-refractivity contribution in [3.63, 3.8) is 0 Å². The number of hydrogen-bond acceptors (Lipinski definition) is 6. The van der Waals surface area contributed by atoms with E-state index in [1.165, 1.54) is 0 Å². The van der Waals surface area contributed by atoms with E-state index in [1.54, 1.807) is 34.4 Å². The molecule has 7 heteroatoms. The van der Waals surface area contributed by atoms with Gasteiger partial charge in [0.15, 0.2) is 10.2 Å². The average Bonchev–Trinajstić information content (AvgIpc) is 3.29. The van der Waals surface area contributed by atoms with E-state index in [0.29, 0.717) is 0 Å². The molecule has 0 bridgehead atoms. The Kier molecular flexibility index (Phi) is 3.99. The van der Waals surface area contributed by atoms with Gasteiger partial charge < -0.3 is 0 Å². The van der Waals surface area contributed by atoms with Gasteiger partial charge in [0.2, 0.25) is 5.16 Å². The number of nitrogens with zero attached hydrogens (tertiary/aromatic N) is 4. The van der Waals surface area contributed by atoms with Crippen molar-refractivity contribution in [2.45, 2.75) is 16.4 Å². The Morgan fingerprint density at radius 1 is 1.00 bits per heavy atom. The van der Waals surface area contributed by atoms with Gasteiger partial charge in [0, 0.05) is 16.8 Å². The lowest BCUT2D eigenvalue weighted by Crippen LogP contribution is -1.98. The van der Waals surface area contributed by atoms with Gasteiger partial charge in [-0.1, -0.05) is 24.3 Å². The maximum atomic E-state index is 4.52. The molecule has 0 aliphatic rings. The minimum atomic E-state index is 0.828. The topological polar surface area (TPSA) is 43.6 Å². The van der Waals surface area contributed by atoms with Crippen molar-refractivity contribution in [2.75, 3.05) is 0 Å². The van der Waals surface area contributed by atoms with E-state index in [1.807, 2.05) is 36.6 Å². The quantitative estimate of drug-likeness (QED) is 0.521. The van der Waals surface area contributed by atoms with Gasteiger partial charge in [-0.3, -0.25) is 4.57 Å². The van der Waals surface area contributed by atoms with E-state index in [-0.39, 0.29) is 0 Å². The molecular weight excluding hydrogens is 344 g/mol. The predicted molar refractivity (Wildman–Crippen MR) is 95.6 cm³/mol. The summed E-state index contributed by atoms with van der Waals surface area (Å²) in [6, 6.07) is 14.3. The third kappa shape index (κ3) is 2.95. The van der Waals surface area contributed by atoms with Crippen molar-refractivity contribution in [1.29, 1.82) is 0 Å². The highest BCUT2D eigenvalue weighted by Crippen LogP contribution is 2.34. The first-order chi connectivity index (χ1) is 11.3. The SMILES string of the molecule is Cc1csc(Sc2nnc(-c3cccs3)n2-c2ccccc2)n1. The summed E-state index contributed by atoms with van der Waals surface area (Å²) in [5.74, 6) is 0.863. The number of para-hydroxylation sites is 1. The molecule has 0 saturated carbocycles. The van der Waals surface area contributed by atoms with Crippen LogP contribution in [0.15, 0.2) is 62.7 Å². The molecule has 0 radical (unpaired) electrons. The Morgan fingerprint density at radius 3 is 2.57 bits per heavy atom. The molecule has 3 heterocycles. The molecule has 0 unspecified atom stereocenters. The summed E-state index contributed by atoms with van der Waals surface area (Å²) in [6.07, 6.45) is 0. The zero-order chi connectivity index (χ0) is 15.6. The predicted octanol–water partition coefficient (Wildman–Crippen LogP) is 4.91. The Balaban J connectivity index is 1.83. The van der Waals surface area contributed by atoms with Crippen molar-refractivity contribution < 1.29 is 0 Å². The van der Waals surface area contributed by atoms with Crippen LogP contribution < -0.4 is 0 Å². The molecule has 0 N–H and O–H groups in total. The van der Waals surface area contributed by atoms with Gasteiger partial charge in [-0.15, -0.1) is 32.9 Å². The standard InChI is InChI=1S/C16H12N4S3/c1-11-10-22-16(17-11)23-15-19-18-14(13-8-5-9-21-13)20(15)12-6-3-2-4-7-12/h2-10H,1H3. The van der Waals surface area contributed by atoms with Crippen LogP contribution >= 0.6 is 34.4 Å². The minimum absolute atomic E-state index is 0.828. The van der Waals surface area contributed by atoms with Gasteiger partial charge in [0.1, 0.15) is 0 Å². The number of hydrogen-bond donors (Lipinski definition) is 0. The van der Waals surface area contributed by atoms with E-state index in [2.05, 4.69) is 43.3 Å². The van der Waals surface area contributed by atoms with Crippen LogP contribution in [0.25, 0.3) is 16.4 Å². The number of thiophene rings is 1. The second kappa shape index (κ2) is 6.27. The summed E-state index contributed by atoms with van der Waals surface area (Å²) >= 11 is 4.84. The maximum Gasteiger partial charge on any atom is 0.203 e. The summed E-state index contributed by atoms with van der Waals surface area (Å²) < 4.78 is 3.07. The van der Waals surface area contributed by atoms with E-state index < -0.39 is 0 Å². The molecule has 0 aliphatic carbocycles. The Hall–Kier alpha value is -1.96. The molecule has 1 aromatic carbocycles. The van der Waals surface area contributed by atoms with Crippen molar-refractivity contribution in [3.8, 4) is 16.4 Å². The fraction of sp³-hybridized carbons (Fsp3) is 0.0625. The van der Waals surface area contributed by atoms with Crippen LogP contribution in [0.3, 0.4) is 0 Å². The highest BCUT2D eigenvalue weighted by Gasteiger charge is 2.18. The second-order valence-corrected chi connectivity index (χ2v) is 7.83. The molecule has 23 heavy (non-hydrogen) atoms. The van der Waals surface area contributed by atoms with Crippen molar-refractivity contribution in [2.24, 2.45) is 0 Å². The molecule has 0 amide bonds. The van der Waals surface area contributed by atoms with Crippen LogP contribution in [0, 0.1) is 6.92 Å². The molecule has 0 aliphatic heterocycles. The van der Waals surface area contributed by atoms with E-state index >= 15 is 0 Å². The van der Waals surface area contributed by atoms with Crippen LogP contribution in [0.5, 0.6) is 0 Å². The smallest absolute Gasteiger partial charge is 0.203 e. The third-order valence-corrected chi connectivity index (χ3v) is 6.03. The van der Waals surface area contributed by atoms with E-state index in [4.69, 9.17) is 0 Å². The summed E-state index contributed by atoms with van der Waals surface area (Å²) in [7, 11) is 0. The summed E-state index contributed by atoms with van der Waals surface area (Å²) in [5, 5.41) is 13.7. The van der Waals surface area contributed by atoms with Crippen molar-refractivity contribution >= 4 is 34.4 Å². The molecule has 0 atom stereocenters. The van der Waals surface area contributed by atoms with Crippen LogP contribution in [-0.4, -0.2) is 19.7 Å². The maximum absolute atomic E-state index is 4.52. The molecule has 0 saturated heterocycles. The molecule has 4 rings (SSSR count). The third-order valence-electron chi connectivity index (χ3n) is 3.17. The van der Waals surface area contributed by atoms with Crippen LogP contribution in [0.4, 0.5) is 0 Å². The van der Waals surface area contributed by atoms with Crippen LogP contribution in [-0.2, 0) is 0 Å². The van der Waals surface area contributed by atoms with Gasteiger partial charge in [0.05, 0.1) is 4.88 Å². The number of rotatable bonds is 4. The first kappa shape index (κ1) is 14.6. The molecular formula is C16H12N4S3. The molecule has 3 aromatic heterocycles. The fourth-order valence-corrected chi connectivity index (χ4v) is 4.66. The normalized spacial score (nSPS) is 11.0. The highest BCUT2D eigenvalue weighted by atomic mass is 32.2. The monoisotopic (exact) mass is 356 g/mol. The number of benzene rings is 1. The van der Waals surface area contributed by atoms with E-state index in [0.717, 1.165) is 31.6 Å². The van der Waals surface area contributed by atoms with Gasteiger partial charge >= 0.3 is 0 Å².